The van der Waals surface area contributed by atoms with E-state index in [-0.39, 0.29) is 24.5 Å². The van der Waals surface area contributed by atoms with Crippen molar-refractivity contribution in [3.05, 3.63) is 48.6 Å². The number of hydrogen-bond donors (Lipinski definition) is 1. The quantitative estimate of drug-likeness (QED) is 0.156. The van der Waals surface area contributed by atoms with Gasteiger partial charge in [-0.05, 0) is 65.5 Å². The molecule has 0 saturated carbocycles. The number of carbonyl (C=O) groups excluding carboxylic acids is 2. The van der Waals surface area contributed by atoms with E-state index in [1.165, 1.54) is 0 Å². The van der Waals surface area contributed by atoms with Crippen LogP contribution in [0.1, 0.15) is 78.1 Å². The van der Waals surface area contributed by atoms with Gasteiger partial charge in [0.25, 0.3) is 0 Å². The van der Waals surface area contributed by atoms with Crippen molar-refractivity contribution in [2.24, 2.45) is 0 Å². The molecule has 0 heterocycles. The molecule has 32 heavy (non-hydrogen) atoms. The first-order valence-electron chi connectivity index (χ1n) is 12.2. The highest BCUT2D eigenvalue weighted by molar-refractivity contribution is 5.76. The van der Waals surface area contributed by atoms with E-state index in [0.29, 0.717) is 19.4 Å². The molecule has 1 N–H and O–H groups in total. The molecule has 0 aliphatic rings. The molecule has 1 amide bonds. The summed E-state index contributed by atoms with van der Waals surface area (Å²) < 4.78 is 5.42. The second kappa shape index (κ2) is 22.1. The summed E-state index contributed by atoms with van der Waals surface area (Å²) in [6.07, 6.45) is 25.3. The first-order chi connectivity index (χ1) is 15.5. The Morgan fingerprint density at radius 3 is 1.88 bits per heavy atom. The number of unbranched alkanes of at least 4 members (excludes halogenated alkanes) is 2. The van der Waals surface area contributed by atoms with Gasteiger partial charge >= 0.3 is 5.97 Å². The van der Waals surface area contributed by atoms with Crippen LogP contribution >= 0.6 is 0 Å². The highest BCUT2D eigenvalue weighted by Crippen LogP contribution is 2.03. The minimum absolute atomic E-state index is 0.00874. The predicted octanol–water partition coefficient (Wildman–Crippen LogP) is 5.74. The van der Waals surface area contributed by atoms with E-state index >= 15 is 0 Å². The molecule has 0 radical (unpaired) electrons. The number of likely N-dealkylation sites (N-methyl/N-ethyl adjacent to an activating group) is 1. The number of ether oxygens (including phenoxy) is 1. The molecule has 5 heteroatoms. The van der Waals surface area contributed by atoms with Gasteiger partial charge in [-0.1, -0.05) is 62.5 Å². The Labute approximate surface area is 196 Å². The smallest absolute Gasteiger partial charge is 0.305 e. The maximum absolute atomic E-state index is 12.3. The third-order valence-electron chi connectivity index (χ3n) is 4.60. The van der Waals surface area contributed by atoms with Gasteiger partial charge in [-0.3, -0.25) is 9.59 Å². The van der Waals surface area contributed by atoms with Crippen LogP contribution in [0.4, 0.5) is 0 Å². The fraction of sp³-hybridized carbons (Fsp3) is 0.630. The van der Waals surface area contributed by atoms with Crippen LogP contribution in [0.25, 0.3) is 0 Å². The molecule has 0 aliphatic heterocycles. The number of rotatable bonds is 19. The van der Waals surface area contributed by atoms with Crippen molar-refractivity contribution in [3.63, 3.8) is 0 Å². The van der Waals surface area contributed by atoms with E-state index in [0.717, 1.165) is 51.4 Å². The monoisotopic (exact) mass is 446 g/mol. The molecule has 0 fully saturated rings. The van der Waals surface area contributed by atoms with Gasteiger partial charge in [0.05, 0.1) is 6.04 Å². The number of hydrogen-bond acceptors (Lipinski definition) is 4. The van der Waals surface area contributed by atoms with E-state index in [2.05, 4.69) is 67.8 Å². The first kappa shape index (κ1) is 29.9. The molecule has 0 aliphatic carbocycles. The molecule has 0 rings (SSSR count). The van der Waals surface area contributed by atoms with Gasteiger partial charge in [0.1, 0.15) is 6.61 Å². The van der Waals surface area contributed by atoms with Crippen LogP contribution in [0.3, 0.4) is 0 Å². The van der Waals surface area contributed by atoms with E-state index in [1.54, 1.807) is 0 Å². The van der Waals surface area contributed by atoms with Crippen LogP contribution in [0, 0.1) is 0 Å². The minimum Gasteiger partial charge on any atom is -0.463 e. The molecule has 1 unspecified atom stereocenters. The molecular weight excluding hydrogens is 400 g/mol. The molecule has 1 atom stereocenters. The lowest BCUT2D eigenvalue weighted by Gasteiger charge is -2.22. The number of amides is 1. The SMILES string of the molecule is CC/C=C/C/C=C/CCCC(=O)NC(COC(=O)CCC/C=C/C/C=C/CC)CN(C)C. The third-order valence-corrected chi connectivity index (χ3v) is 4.60. The number of nitrogens with zero attached hydrogens (tertiary/aromatic N) is 1. The maximum Gasteiger partial charge on any atom is 0.305 e. The van der Waals surface area contributed by atoms with E-state index < -0.39 is 0 Å². The van der Waals surface area contributed by atoms with Gasteiger partial charge in [0, 0.05) is 19.4 Å². The van der Waals surface area contributed by atoms with Crippen molar-refractivity contribution in [1.82, 2.24) is 10.2 Å². The van der Waals surface area contributed by atoms with Crippen molar-refractivity contribution in [2.75, 3.05) is 27.2 Å². The Balaban J connectivity index is 4.11. The number of nitrogens with one attached hydrogen (secondary N) is 1. The summed E-state index contributed by atoms with van der Waals surface area (Å²) in [6, 6.07) is -0.193. The van der Waals surface area contributed by atoms with Crippen molar-refractivity contribution in [2.45, 2.75) is 84.1 Å². The highest BCUT2D eigenvalue weighted by atomic mass is 16.5. The van der Waals surface area contributed by atoms with Crippen LogP contribution < -0.4 is 5.32 Å². The second-order valence-electron chi connectivity index (χ2n) is 8.17. The van der Waals surface area contributed by atoms with Gasteiger partial charge in [-0.2, -0.15) is 0 Å². The Kier molecular flexibility index (Phi) is 20.6. The average molecular weight is 447 g/mol. The fourth-order valence-electron chi connectivity index (χ4n) is 3.00. The van der Waals surface area contributed by atoms with Crippen LogP contribution in [-0.2, 0) is 14.3 Å². The van der Waals surface area contributed by atoms with E-state index in [4.69, 9.17) is 4.74 Å². The summed E-state index contributed by atoms with van der Waals surface area (Å²) >= 11 is 0. The van der Waals surface area contributed by atoms with Gasteiger partial charge in [0.2, 0.25) is 5.91 Å². The average Bonchev–Trinajstić information content (AvgIpc) is 2.75. The van der Waals surface area contributed by atoms with Crippen LogP contribution in [-0.4, -0.2) is 50.1 Å². The molecule has 5 nitrogen and oxygen atoms in total. The van der Waals surface area contributed by atoms with Gasteiger partial charge < -0.3 is 15.0 Å². The fourth-order valence-corrected chi connectivity index (χ4v) is 3.00. The van der Waals surface area contributed by atoms with Crippen LogP contribution in [0.5, 0.6) is 0 Å². The molecule has 0 spiro atoms. The molecule has 182 valence electrons. The topological polar surface area (TPSA) is 58.6 Å². The highest BCUT2D eigenvalue weighted by Gasteiger charge is 2.15. The largest absolute Gasteiger partial charge is 0.463 e. The summed E-state index contributed by atoms with van der Waals surface area (Å²) in [5.74, 6) is -0.195. The lowest BCUT2D eigenvalue weighted by Crippen LogP contribution is -2.45. The third kappa shape index (κ3) is 21.1. The minimum atomic E-state index is -0.204. The zero-order valence-electron chi connectivity index (χ0n) is 20.9. The lowest BCUT2D eigenvalue weighted by molar-refractivity contribution is -0.145. The molecular formula is C27H46N2O3. The summed E-state index contributed by atoms with van der Waals surface area (Å²) in [6.45, 7) is 5.09. The summed E-state index contributed by atoms with van der Waals surface area (Å²) in [5.41, 5.74) is 0. The van der Waals surface area contributed by atoms with Gasteiger partial charge in [-0.25, -0.2) is 0 Å². The summed E-state index contributed by atoms with van der Waals surface area (Å²) in [7, 11) is 3.89. The molecule has 0 aromatic heterocycles. The Morgan fingerprint density at radius 2 is 1.34 bits per heavy atom. The van der Waals surface area contributed by atoms with Crippen molar-refractivity contribution >= 4 is 11.9 Å². The lowest BCUT2D eigenvalue weighted by atomic mass is 10.2. The molecule has 0 saturated heterocycles. The predicted molar refractivity (Wildman–Crippen MR) is 136 cm³/mol. The van der Waals surface area contributed by atoms with Crippen LogP contribution in [0.2, 0.25) is 0 Å². The first-order valence-corrected chi connectivity index (χ1v) is 12.2. The standard InChI is InChI=1S/C27H46N2O3/c1-5-7-9-11-13-15-17-19-21-26(30)28-25(23-29(3)4)24-32-27(31)22-20-18-16-14-12-10-8-6-2/h7-10,13-16,25H,5-6,11-12,17-24H2,1-4H3,(H,28,30)/b9-7+,10-8+,15-13+,16-14+. The molecule has 0 aromatic carbocycles. The zero-order valence-corrected chi connectivity index (χ0v) is 20.9. The normalized spacial score (nSPS) is 13.2. The van der Waals surface area contributed by atoms with E-state index in [1.807, 2.05) is 19.0 Å². The van der Waals surface area contributed by atoms with Gasteiger partial charge in [0.15, 0.2) is 0 Å². The van der Waals surface area contributed by atoms with Crippen molar-refractivity contribution in [3.8, 4) is 0 Å². The van der Waals surface area contributed by atoms with Gasteiger partial charge in [-0.15, -0.1) is 0 Å². The van der Waals surface area contributed by atoms with Crippen molar-refractivity contribution < 1.29 is 14.3 Å². The zero-order chi connectivity index (χ0) is 23.9. The number of allylic oxidation sites excluding steroid dienone is 8. The number of carbonyl (C=O) groups is 2. The molecule has 0 aromatic rings. The molecule has 0 bridgehead atoms. The second-order valence-corrected chi connectivity index (χ2v) is 8.17. The Morgan fingerprint density at radius 1 is 0.812 bits per heavy atom. The Bertz CT molecular complexity index is 592. The van der Waals surface area contributed by atoms with Crippen molar-refractivity contribution in [1.29, 1.82) is 0 Å². The number of esters is 1. The van der Waals surface area contributed by atoms with Crippen LogP contribution in [0.15, 0.2) is 48.6 Å². The summed E-state index contributed by atoms with van der Waals surface area (Å²) in [5, 5.41) is 3.01. The maximum atomic E-state index is 12.3. The van der Waals surface area contributed by atoms with E-state index in [9.17, 15) is 9.59 Å². The Hall–Kier alpha value is -2.14. The summed E-state index contributed by atoms with van der Waals surface area (Å²) in [4.78, 5) is 26.3.